The van der Waals surface area contributed by atoms with Crippen molar-refractivity contribution in [1.82, 2.24) is 0 Å². The van der Waals surface area contributed by atoms with Gasteiger partial charge in [-0.15, -0.1) is 0 Å². The molecule has 1 nitrogen and oxygen atoms in total. The minimum absolute atomic E-state index is 0.120. The van der Waals surface area contributed by atoms with E-state index in [1.807, 2.05) is 0 Å². The maximum Gasteiger partial charge on any atom is 0.0608 e. The highest BCUT2D eigenvalue weighted by Crippen LogP contribution is 2.33. The van der Waals surface area contributed by atoms with Crippen LogP contribution in [-0.2, 0) is 6.42 Å². The summed E-state index contributed by atoms with van der Waals surface area (Å²) in [6.07, 6.45) is 5.53. The van der Waals surface area contributed by atoms with Gasteiger partial charge in [-0.25, -0.2) is 0 Å². The first kappa shape index (κ1) is 10.7. The first-order valence-corrected chi connectivity index (χ1v) is 6.08. The monoisotopic (exact) mass is 204 g/mol. The van der Waals surface area contributed by atoms with Gasteiger partial charge in [0, 0.05) is 5.92 Å². The molecule has 1 aromatic rings. The number of hydrogen-bond acceptors (Lipinski definition) is 1. The Morgan fingerprint density at radius 3 is 2.80 bits per heavy atom. The van der Waals surface area contributed by atoms with E-state index in [-0.39, 0.29) is 6.10 Å². The van der Waals surface area contributed by atoms with Gasteiger partial charge in [-0.05, 0) is 30.4 Å². The van der Waals surface area contributed by atoms with Gasteiger partial charge >= 0.3 is 0 Å². The van der Waals surface area contributed by atoms with E-state index >= 15 is 0 Å². The molecule has 0 saturated heterocycles. The summed E-state index contributed by atoms with van der Waals surface area (Å²) in [6.45, 7) is 2.18. The van der Waals surface area contributed by atoms with Crippen molar-refractivity contribution in [1.29, 1.82) is 0 Å². The molecule has 1 aliphatic rings. The first-order chi connectivity index (χ1) is 7.31. The number of aliphatic hydroxyl groups excluding tert-OH is 1. The van der Waals surface area contributed by atoms with Crippen molar-refractivity contribution in [2.45, 2.75) is 51.0 Å². The topological polar surface area (TPSA) is 20.2 Å². The Morgan fingerprint density at radius 2 is 2.07 bits per heavy atom. The molecule has 2 rings (SSSR count). The summed E-state index contributed by atoms with van der Waals surface area (Å²) in [7, 11) is 0. The third-order valence-electron chi connectivity index (χ3n) is 3.52. The van der Waals surface area contributed by atoms with Crippen LogP contribution >= 0.6 is 0 Å². The van der Waals surface area contributed by atoms with Gasteiger partial charge in [0.25, 0.3) is 0 Å². The average molecular weight is 204 g/mol. The maximum atomic E-state index is 9.99. The normalized spacial score (nSPS) is 26.5. The van der Waals surface area contributed by atoms with Crippen molar-refractivity contribution < 1.29 is 5.11 Å². The SMILES string of the molecule is CCc1cccc(C2CCCCC2O)c1. The Balaban J connectivity index is 2.19. The summed E-state index contributed by atoms with van der Waals surface area (Å²) in [4.78, 5) is 0. The zero-order valence-corrected chi connectivity index (χ0v) is 9.45. The zero-order chi connectivity index (χ0) is 10.7. The fourth-order valence-electron chi connectivity index (χ4n) is 2.54. The summed E-state index contributed by atoms with van der Waals surface area (Å²) in [5, 5.41) is 9.99. The molecule has 2 unspecified atom stereocenters. The van der Waals surface area contributed by atoms with Crippen molar-refractivity contribution in [2.24, 2.45) is 0 Å². The second-order valence-electron chi connectivity index (χ2n) is 4.56. The largest absolute Gasteiger partial charge is 0.392 e. The zero-order valence-electron chi connectivity index (χ0n) is 9.45. The van der Waals surface area contributed by atoms with E-state index in [1.165, 1.54) is 24.0 Å². The number of benzene rings is 1. The van der Waals surface area contributed by atoms with Gasteiger partial charge in [0.05, 0.1) is 6.10 Å². The molecule has 0 heterocycles. The van der Waals surface area contributed by atoms with Crippen molar-refractivity contribution in [2.75, 3.05) is 0 Å². The Hall–Kier alpha value is -0.820. The van der Waals surface area contributed by atoms with Crippen LogP contribution in [0, 0.1) is 0 Å². The van der Waals surface area contributed by atoms with E-state index in [2.05, 4.69) is 31.2 Å². The Bertz CT molecular complexity index is 319. The summed E-state index contributed by atoms with van der Waals surface area (Å²) < 4.78 is 0. The molecule has 0 aromatic heterocycles. The lowest BCUT2D eigenvalue weighted by atomic mass is 9.81. The quantitative estimate of drug-likeness (QED) is 0.784. The van der Waals surface area contributed by atoms with E-state index in [0.29, 0.717) is 5.92 Å². The molecule has 1 fully saturated rings. The Kier molecular flexibility index (Phi) is 3.42. The van der Waals surface area contributed by atoms with Crippen LogP contribution in [0.5, 0.6) is 0 Å². The number of aliphatic hydroxyl groups is 1. The molecular weight excluding hydrogens is 184 g/mol. The molecular formula is C14H20O. The second-order valence-corrected chi connectivity index (χ2v) is 4.56. The lowest BCUT2D eigenvalue weighted by molar-refractivity contribution is 0.106. The molecule has 0 amide bonds. The Labute approximate surface area is 92.1 Å². The lowest BCUT2D eigenvalue weighted by Gasteiger charge is -2.28. The van der Waals surface area contributed by atoms with Crippen molar-refractivity contribution in [3.63, 3.8) is 0 Å². The van der Waals surface area contributed by atoms with Crippen LogP contribution in [0.25, 0.3) is 0 Å². The van der Waals surface area contributed by atoms with Gasteiger partial charge in [-0.3, -0.25) is 0 Å². The highest BCUT2D eigenvalue weighted by molar-refractivity contribution is 5.27. The lowest BCUT2D eigenvalue weighted by Crippen LogP contribution is -2.22. The fraction of sp³-hybridized carbons (Fsp3) is 0.571. The molecule has 1 N–H and O–H groups in total. The van der Waals surface area contributed by atoms with E-state index in [9.17, 15) is 5.11 Å². The van der Waals surface area contributed by atoms with Gasteiger partial charge in [-0.1, -0.05) is 44.0 Å². The third kappa shape index (κ3) is 2.40. The van der Waals surface area contributed by atoms with Gasteiger partial charge in [0.2, 0.25) is 0 Å². The predicted octanol–water partition coefficient (Wildman–Crippen LogP) is 3.27. The van der Waals surface area contributed by atoms with Crippen LogP contribution < -0.4 is 0 Å². The molecule has 0 radical (unpaired) electrons. The smallest absolute Gasteiger partial charge is 0.0608 e. The fourth-order valence-corrected chi connectivity index (χ4v) is 2.54. The van der Waals surface area contributed by atoms with Crippen molar-refractivity contribution >= 4 is 0 Å². The first-order valence-electron chi connectivity index (χ1n) is 6.08. The standard InChI is InChI=1S/C14H20O/c1-2-11-6-5-7-12(10-11)13-8-3-4-9-14(13)15/h5-7,10,13-15H,2-4,8-9H2,1H3. The molecule has 2 atom stereocenters. The van der Waals surface area contributed by atoms with Crippen LogP contribution in [0.15, 0.2) is 24.3 Å². The van der Waals surface area contributed by atoms with Gasteiger partial charge in [0.1, 0.15) is 0 Å². The molecule has 0 bridgehead atoms. The van der Waals surface area contributed by atoms with E-state index < -0.39 is 0 Å². The third-order valence-corrected chi connectivity index (χ3v) is 3.52. The molecule has 0 aliphatic heterocycles. The molecule has 1 aromatic carbocycles. The second kappa shape index (κ2) is 4.80. The number of rotatable bonds is 2. The highest BCUT2D eigenvalue weighted by Gasteiger charge is 2.24. The van der Waals surface area contributed by atoms with Gasteiger partial charge < -0.3 is 5.11 Å². The van der Waals surface area contributed by atoms with Crippen LogP contribution in [0.2, 0.25) is 0 Å². The minimum Gasteiger partial charge on any atom is -0.392 e. The van der Waals surface area contributed by atoms with Gasteiger partial charge in [0.15, 0.2) is 0 Å². The molecule has 0 spiro atoms. The van der Waals surface area contributed by atoms with E-state index in [1.54, 1.807) is 0 Å². The molecule has 1 heteroatoms. The van der Waals surface area contributed by atoms with Crippen LogP contribution in [-0.4, -0.2) is 11.2 Å². The molecule has 82 valence electrons. The predicted molar refractivity (Wildman–Crippen MR) is 63.0 cm³/mol. The summed E-state index contributed by atoms with van der Waals surface area (Å²) in [5.74, 6) is 0.380. The molecule has 1 saturated carbocycles. The summed E-state index contributed by atoms with van der Waals surface area (Å²) in [6, 6.07) is 8.71. The minimum atomic E-state index is -0.120. The van der Waals surface area contributed by atoms with Crippen molar-refractivity contribution in [3.8, 4) is 0 Å². The number of hydrogen-bond donors (Lipinski definition) is 1. The maximum absolute atomic E-state index is 9.99. The van der Waals surface area contributed by atoms with Crippen LogP contribution in [0.3, 0.4) is 0 Å². The van der Waals surface area contributed by atoms with E-state index in [4.69, 9.17) is 0 Å². The van der Waals surface area contributed by atoms with Crippen LogP contribution in [0.4, 0.5) is 0 Å². The highest BCUT2D eigenvalue weighted by atomic mass is 16.3. The average Bonchev–Trinajstić information content (AvgIpc) is 2.30. The number of aryl methyl sites for hydroxylation is 1. The van der Waals surface area contributed by atoms with Crippen molar-refractivity contribution in [3.05, 3.63) is 35.4 Å². The molecule has 15 heavy (non-hydrogen) atoms. The van der Waals surface area contributed by atoms with Crippen LogP contribution in [0.1, 0.15) is 49.7 Å². The van der Waals surface area contributed by atoms with E-state index in [0.717, 1.165) is 19.3 Å². The summed E-state index contributed by atoms with van der Waals surface area (Å²) in [5.41, 5.74) is 2.71. The summed E-state index contributed by atoms with van der Waals surface area (Å²) >= 11 is 0. The Morgan fingerprint density at radius 1 is 1.27 bits per heavy atom. The molecule has 1 aliphatic carbocycles. The van der Waals surface area contributed by atoms with Gasteiger partial charge in [-0.2, -0.15) is 0 Å².